The molecule has 1 aliphatic carbocycles. The van der Waals surface area contributed by atoms with Crippen LogP contribution in [0.25, 0.3) is 22.0 Å². The van der Waals surface area contributed by atoms with Gasteiger partial charge in [0.2, 0.25) is 5.91 Å². The lowest BCUT2D eigenvalue weighted by molar-refractivity contribution is -0.119. The summed E-state index contributed by atoms with van der Waals surface area (Å²) in [5, 5.41) is 0.898. The molecule has 6 heteroatoms. The van der Waals surface area contributed by atoms with Gasteiger partial charge in [0.15, 0.2) is 0 Å². The maximum Gasteiger partial charge on any atom is 0.355 e. The van der Waals surface area contributed by atoms with Crippen LogP contribution in [0.5, 0.6) is 5.75 Å². The maximum absolute atomic E-state index is 13.4. The van der Waals surface area contributed by atoms with E-state index in [0.717, 1.165) is 51.9 Å². The highest BCUT2D eigenvalue weighted by atomic mass is 16.5. The summed E-state index contributed by atoms with van der Waals surface area (Å²) >= 11 is 0. The molecule has 39 heavy (non-hydrogen) atoms. The lowest BCUT2D eigenvalue weighted by atomic mass is 9.86. The van der Waals surface area contributed by atoms with E-state index in [9.17, 15) is 9.59 Å². The molecule has 1 aromatic heterocycles. The Morgan fingerprint density at radius 2 is 1.69 bits per heavy atom. The second kappa shape index (κ2) is 10.3. The number of esters is 1. The van der Waals surface area contributed by atoms with Gasteiger partial charge in [-0.05, 0) is 65.3 Å². The van der Waals surface area contributed by atoms with Gasteiger partial charge in [-0.1, -0.05) is 57.2 Å². The number of hydrogen-bond acceptors (Lipinski definition) is 4. The number of aromatic nitrogens is 1. The average Bonchev–Trinajstić information content (AvgIpc) is 3.74. The van der Waals surface area contributed by atoms with Gasteiger partial charge in [-0.15, -0.1) is 0 Å². The van der Waals surface area contributed by atoms with Crippen LogP contribution in [0.3, 0.4) is 0 Å². The number of carbonyl (C=O) groups is 2. The monoisotopic (exact) mass is 524 g/mol. The molecule has 6 nitrogen and oxygen atoms in total. The van der Waals surface area contributed by atoms with Crippen molar-refractivity contribution in [1.82, 2.24) is 4.57 Å². The normalized spacial score (nSPS) is 13.4. The molecule has 1 aliphatic rings. The number of rotatable bonds is 7. The Labute approximate surface area is 230 Å². The highest BCUT2D eigenvalue weighted by Crippen LogP contribution is 2.40. The molecule has 0 atom stereocenters. The molecule has 4 aromatic rings. The zero-order valence-corrected chi connectivity index (χ0v) is 23.6. The van der Waals surface area contributed by atoms with E-state index in [1.165, 1.54) is 12.7 Å². The van der Waals surface area contributed by atoms with Crippen molar-refractivity contribution in [2.45, 2.75) is 45.6 Å². The molecule has 1 heterocycles. The molecule has 0 bridgehead atoms. The highest BCUT2D eigenvalue weighted by Gasteiger charge is 2.33. The van der Waals surface area contributed by atoms with Crippen molar-refractivity contribution in [3.05, 3.63) is 83.6 Å². The van der Waals surface area contributed by atoms with Crippen LogP contribution in [0.1, 0.15) is 55.2 Å². The molecular weight excluding hydrogens is 488 g/mol. The van der Waals surface area contributed by atoms with Crippen molar-refractivity contribution in [3.63, 3.8) is 0 Å². The Hall–Kier alpha value is -4.06. The van der Waals surface area contributed by atoms with Gasteiger partial charge in [0.1, 0.15) is 11.4 Å². The van der Waals surface area contributed by atoms with Crippen LogP contribution in [-0.4, -0.2) is 37.7 Å². The first-order valence-corrected chi connectivity index (χ1v) is 13.4. The molecular formula is C33H36N2O4. The molecule has 0 aliphatic heterocycles. The molecule has 3 aromatic carbocycles. The summed E-state index contributed by atoms with van der Waals surface area (Å²) in [4.78, 5) is 28.1. The number of amides is 1. The number of ether oxygens (including phenoxy) is 2. The summed E-state index contributed by atoms with van der Waals surface area (Å²) in [6, 6.07) is 22.2. The fraction of sp³-hybridized carbons (Fsp3) is 0.333. The minimum absolute atomic E-state index is 0.00310. The zero-order valence-electron chi connectivity index (χ0n) is 23.6. The van der Waals surface area contributed by atoms with Gasteiger partial charge in [-0.2, -0.15) is 0 Å². The van der Waals surface area contributed by atoms with Crippen LogP contribution in [-0.2, 0) is 21.5 Å². The fourth-order valence-electron chi connectivity index (χ4n) is 5.14. The predicted molar refractivity (Wildman–Crippen MR) is 156 cm³/mol. The number of benzene rings is 3. The van der Waals surface area contributed by atoms with Crippen molar-refractivity contribution < 1.29 is 19.1 Å². The van der Waals surface area contributed by atoms with Crippen molar-refractivity contribution in [1.29, 1.82) is 0 Å². The zero-order chi connectivity index (χ0) is 27.9. The summed E-state index contributed by atoms with van der Waals surface area (Å²) in [5.41, 5.74) is 6.11. The number of anilines is 1. The van der Waals surface area contributed by atoms with Gasteiger partial charge in [0, 0.05) is 41.7 Å². The highest BCUT2D eigenvalue weighted by molar-refractivity contribution is 6.10. The number of carbonyl (C=O) groups excluding carboxylic acids is 2. The number of hydrogen-bond donors (Lipinski definition) is 0. The van der Waals surface area contributed by atoms with Crippen LogP contribution in [0.2, 0.25) is 0 Å². The maximum atomic E-state index is 13.4. The summed E-state index contributed by atoms with van der Waals surface area (Å²) in [5.74, 6) is 0.588. The molecule has 0 N–H and O–H groups in total. The Morgan fingerprint density at radius 3 is 2.31 bits per heavy atom. The molecule has 0 unspecified atom stereocenters. The van der Waals surface area contributed by atoms with Crippen molar-refractivity contribution in [2.75, 3.05) is 26.2 Å². The van der Waals surface area contributed by atoms with Gasteiger partial charge in [0.25, 0.3) is 0 Å². The first-order valence-electron chi connectivity index (χ1n) is 13.4. The Bertz CT molecular complexity index is 1540. The van der Waals surface area contributed by atoms with Crippen LogP contribution in [0.4, 0.5) is 5.69 Å². The minimum atomic E-state index is -0.409. The van der Waals surface area contributed by atoms with Crippen LogP contribution in [0.15, 0.2) is 66.7 Å². The summed E-state index contributed by atoms with van der Waals surface area (Å²) in [6.07, 6.45) is 1.89. The van der Waals surface area contributed by atoms with Gasteiger partial charge in [-0.25, -0.2) is 4.79 Å². The third kappa shape index (κ3) is 5.16. The molecule has 0 saturated heterocycles. The second-order valence-corrected chi connectivity index (χ2v) is 11.4. The Balaban J connectivity index is 1.74. The van der Waals surface area contributed by atoms with Gasteiger partial charge in [0.05, 0.1) is 14.2 Å². The van der Waals surface area contributed by atoms with E-state index in [-0.39, 0.29) is 17.2 Å². The Morgan fingerprint density at radius 1 is 0.974 bits per heavy atom. The summed E-state index contributed by atoms with van der Waals surface area (Å²) in [7, 11) is 4.88. The van der Waals surface area contributed by atoms with E-state index < -0.39 is 5.97 Å². The van der Waals surface area contributed by atoms with E-state index >= 15 is 0 Å². The lowest BCUT2D eigenvalue weighted by Crippen LogP contribution is -2.27. The van der Waals surface area contributed by atoms with Gasteiger partial charge >= 0.3 is 5.97 Å². The topological polar surface area (TPSA) is 60.8 Å². The van der Waals surface area contributed by atoms with E-state index in [1.807, 2.05) is 54.1 Å². The largest absolute Gasteiger partial charge is 0.497 e. The van der Waals surface area contributed by atoms with Crippen LogP contribution < -0.4 is 9.64 Å². The lowest BCUT2D eigenvalue weighted by Gasteiger charge is -2.19. The van der Waals surface area contributed by atoms with E-state index in [2.05, 4.69) is 45.0 Å². The van der Waals surface area contributed by atoms with E-state index in [4.69, 9.17) is 9.47 Å². The molecule has 202 valence electrons. The van der Waals surface area contributed by atoms with Crippen molar-refractivity contribution in [3.8, 4) is 16.9 Å². The minimum Gasteiger partial charge on any atom is -0.497 e. The standard InChI is InChI=1S/C33H36N2O4/c1-33(2,3)24-14-12-22(13-15-24)29-27-19-25(34(4)31(36)23-10-11-23)16-17-28(27)35(30(29)32(37)39-6)20-21-8-7-9-26(18-21)38-5/h7-9,12-19,23H,10-11,20H2,1-6H3. The van der Waals surface area contributed by atoms with E-state index in [1.54, 1.807) is 12.0 Å². The summed E-state index contributed by atoms with van der Waals surface area (Å²) in [6.45, 7) is 7.00. The third-order valence-corrected chi connectivity index (χ3v) is 7.58. The van der Waals surface area contributed by atoms with Crippen LogP contribution >= 0.6 is 0 Å². The number of fused-ring (bicyclic) bond motifs is 1. The second-order valence-electron chi connectivity index (χ2n) is 11.4. The molecule has 1 fully saturated rings. The fourth-order valence-corrected chi connectivity index (χ4v) is 5.14. The van der Waals surface area contributed by atoms with Gasteiger partial charge in [-0.3, -0.25) is 4.79 Å². The van der Waals surface area contributed by atoms with Crippen LogP contribution in [0, 0.1) is 5.92 Å². The predicted octanol–water partition coefficient (Wildman–Crippen LogP) is 6.82. The van der Waals surface area contributed by atoms with Crippen molar-refractivity contribution in [2.24, 2.45) is 5.92 Å². The average molecular weight is 525 g/mol. The molecule has 0 radical (unpaired) electrons. The molecule has 5 rings (SSSR count). The molecule has 0 spiro atoms. The van der Waals surface area contributed by atoms with Gasteiger partial charge < -0.3 is 18.9 Å². The first kappa shape index (κ1) is 26.5. The SMILES string of the molecule is COC(=O)c1c(-c2ccc(C(C)(C)C)cc2)c2cc(N(C)C(=O)C3CC3)ccc2n1Cc1cccc(OC)c1. The quantitative estimate of drug-likeness (QED) is 0.249. The summed E-state index contributed by atoms with van der Waals surface area (Å²) < 4.78 is 12.8. The van der Waals surface area contributed by atoms with E-state index in [0.29, 0.717) is 12.2 Å². The molecule has 1 amide bonds. The number of nitrogens with zero attached hydrogens (tertiary/aromatic N) is 2. The van der Waals surface area contributed by atoms with Crippen molar-refractivity contribution >= 4 is 28.5 Å². The number of methoxy groups -OCH3 is 2. The Kier molecular flexibility index (Phi) is 6.98. The molecule has 1 saturated carbocycles. The first-order chi connectivity index (χ1) is 18.6. The third-order valence-electron chi connectivity index (χ3n) is 7.58. The smallest absolute Gasteiger partial charge is 0.355 e.